The summed E-state index contributed by atoms with van der Waals surface area (Å²) >= 11 is 5.61. The standard InChI is InChI=1S/C8H12ClN7O2/c1-2-13-8(12)16-18-7(17)3-5(10)15-6(11)4(9)14-3/h2H2,1H3,(H4,10,11,15)(H3,12,13,16). The number of anilines is 2. The Morgan fingerprint density at radius 1 is 1.44 bits per heavy atom. The van der Waals surface area contributed by atoms with E-state index >= 15 is 0 Å². The highest BCUT2D eigenvalue weighted by Gasteiger charge is 2.17. The van der Waals surface area contributed by atoms with Gasteiger partial charge in [0.1, 0.15) is 0 Å². The number of halogens is 1. The fourth-order valence-electron chi connectivity index (χ4n) is 0.941. The molecule has 0 aliphatic heterocycles. The van der Waals surface area contributed by atoms with Gasteiger partial charge >= 0.3 is 5.97 Å². The van der Waals surface area contributed by atoms with Gasteiger partial charge in [-0.15, -0.1) is 0 Å². The maximum Gasteiger partial charge on any atom is 0.385 e. The summed E-state index contributed by atoms with van der Waals surface area (Å²) in [6.07, 6.45) is 0. The lowest BCUT2D eigenvalue weighted by Crippen LogP contribution is -2.34. The minimum Gasteiger partial charge on any atom is -0.382 e. The van der Waals surface area contributed by atoms with E-state index in [0.29, 0.717) is 6.54 Å². The van der Waals surface area contributed by atoms with Crippen LogP contribution in [0.25, 0.3) is 0 Å². The highest BCUT2D eigenvalue weighted by Crippen LogP contribution is 2.17. The average molecular weight is 274 g/mol. The Bertz CT molecular complexity index is 491. The van der Waals surface area contributed by atoms with Crippen molar-refractivity contribution >= 4 is 35.2 Å². The van der Waals surface area contributed by atoms with Crippen LogP contribution in [0.2, 0.25) is 5.15 Å². The number of guanidine groups is 1. The van der Waals surface area contributed by atoms with Crippen molar-refractivity contribution in [1.29, 1.82) is 0 Å². The lowest BCUT2D eigenvalue weighted by molar-refractivity contribution is 0.0377. The maximum absolute atomic E-state index is 11.6. The van der Waals surface area contributed by atoms with Crippen LogP contribution in [0.15, 0.2) is 4.99 Å². The molecule has 1 aromatic rings. The zero-order valence-electron chi connectivity index (χ0n) is 9.48. The van der Waals surface area contributed by atoms with E-state index in [1.54, 1.807) is 6.92 Å². The highest BCUT2D eigenvalue weighted by molar-refractivity contribution is 6.31. The van der Waals surface area contributed by atoms with Crippen LogP contribution >= 0.6 is 11.6 Å². The molecule has 0 radical (unpaired) electrons. The molecule has 0 unspecified atom stereocenters. The van der Waals surface area contributed by atoms with E-state index in [4.69, 9.17) is 28.8 Å². The molecule has 0 fully saturated rings. The molecule has 18 heavy (non-hydrogen) atoms. The number of nitrogens with two attached hydrogens (primary N) is 3. The predicted octanol–water partition coefficient (Wildman–Crippen LogP) is -0.710. The van der Waals surface area contributed by atoms with Crippen molar-refractivity contribution in [2.75, 3.05) is 18.0 Å². The third kappa shape index (κ3) is 3.35. The number of nitrogen functional groups attached to an aromatic ring is 2. The largest absolute Gasteiger partial charge is 0.385 e. The Kier molecular flexibility index (Phi) is 4.49. The van der Waals surface area contributed by atoms with Crippen LogP contribution in [0.1, 0.15) is 17.4 Å². The molecule has 0 atom stereocenters. The second-order valence-corrected chi connectivity index (χ2v) is 3.34. The second-order valence-electron chi connectivity index (χ2n) is 2.98. The minimum atomic E-state index is -0.906. The smallest absolute Gasteiger partial charge is 0.382 e. The number of aliphatic imine (C=N–C) groups is 1. The number of hydrogen-bond donors (Lipinski definition) is 4. The molecule has 0 saturated heterocycles. The van der Waals surface area contributed by atoms with Gasteiger partial charge in [-0.25, -0.2) is 14.8 Å². The quantitative estimate of drug-likeness (QED) is 0.313. The first-order valence-corrected chi connectivity index (χ1v) is 5.19. The van der Waals surface area contributed by atoms with Gasteiger partial charge in [-0.05, 0) is 6.92 Å². The van der Waals surface area contributed by atoms with Gasteiger partial charge in [0.2, 0.25) is 5.96 Å². The molecular weight excluding hydrogens is 262 g/mol. The van der Waals surface area contributed by atoms with Gasteiger partial charge < -0.3 is 22.0 Å². The number of carbonyl (C=O) groups is 1. The summed E-state index contributed by atoms with van der Waals surface area (Å²) in [5.74, 6) is -1.24. The van der Waals surface area contributed by atoms with Gasteiger partial charge in [-0.2, -0.15) is 5.48 Å². The van der Waals surface area contributed by atoms with Crippen molar-refractivity contribution in [3.63, 3.8) is 0 Å². The molecule has 1 aromatic heterocycles. The van der Waals surface area contributed by atoms with Crippen LogP contribution in [0.3, 0.4) is 0 Å². The third-order valence-electron chi connectivity index (χ3n) is 1.67. The van der Waals surface area contributed by atoms with Gasteiger partial charge in [0.25, 0.3) is 0 Å². The number of aromatic nitrogens is 2. The van der Waals surface area contributed by atoms with Crippen molar-refractivity contribution in [3.8, 4) is 0 Å². The first-order valence-electron chi connectivity index (χ1n) is 4.81. The fourth-order valence-corrected chi connectivity index (χ4v) is 1.07. The van der Waals surface area contributed by atoms with Crippen LogP contribution in [0.4, 0.5) is 11.6 Å². The van der Waals surface area contributed by atoms with Crippen LogP contribution in [-0.4, -0.2) is 28.4 Å². The zero-order chi connectivity index (χ0) is 13.7. The first kappa shape index (κ1) is 13.8. The molecule has 0 aromatic carbocycles. The minimum absolute atomic E-state index is 0.0566. The Morgan fingerprint density at radius 3 is 2.72 bits per heavy atom. The van der Waals surface area contributed by atoms with Gasteiger partial charge in [0, 0.05) is 6.54 Å². The molecule has 9 nitrogen and oxygen atoms in total. The number of nitrogens with zero attached hydrogens (tertiary/aromatic N) is 3. The Morgan fingerprint density at radius 2 is 2.11 bits per heavy atom. The lowest BCUT2D eigenvalue weighted by atomic mass is 10.4. The molecule has 10 heteroatoms. The summed E-state index contributed by atoms with van der Waals surface area (Å²) in [5, 5.41) is -0.147. The molecule has 98 valence electrons. The van der Waals surface area contributed by atoms with Gasteiger partial charge in [-0.3, -0.25) is 4.99 Å². The third-order valence-corrected chi connectivity index (χ3v) is 1.95. The average Bonchev–Trinajstić information content (AvgIpc) is 2.31. The maximum atomic E-state index is 11.6. The van der Waals surface area contributed by atoms with E-state index in [9.17, 15) is 4.79 Å². The molecule has 0 bridgehead atoms. The first-order chi connectivity index (χ1) is 8.45. The van der Waals surface area contributed by atoms with E-state index in [1.165, 1.54) is 0 Å². The van der Waals surface area contributed by atoms with Gasteiger partial charge in [0.05, 0.1) is 0 Å². The number of rotatable bonds is 2. The summed E-state index contributed by atoms with van der Waals surface area (Å²) in [5.41, 5.74) is 18.0. The molecule has 1 rings (SSSR count). The van der Waals surface area contributed by atoms with E-state index in [2.05, 4.69) is 25.3 Å². The molecular formula is C8H12ClN7O2. The van der Waals surface area contributed by atoms with Gasteiger partial charge in [0.15, 0.2) is 22.5 Å². The van der Waals surface area contributed by atoms with Crippen LogP contribution < -0.4 is 22.7 Å². The number of hydrogen-bond acceptors (Lipinski definition) is 7. The fraction of sp³-hybridized carbons (Fsp3) is 0.250. The summed E-state index contributed by atoms with van der Waals surface area (Å²) in [6.45, 7) is 2.20. The molecule has 0 saturated carbocycles. The van der Waals surface area contributed by atoms with E-state index in [0.717, 1.165) is 0 Å². The van der Waals surface area contributed by atoms with Crippen LogP contribution in [0, 0.1) is 0 Å². The molecule has 0 aliphatic carbocycles. The summed E-state index contributed by atoms with van der Waals surface area (Å²) in [7, 11) is 0. The SMILES string of the molecule is CCN=C(N)NOC(=O)c1nc(Cl)c(N)nc1N. The number of hydroxylamine groups is 1. The van der Waals surface area contributed by atoms with Gasteiger partial charge in [-0.1, -0.05) is 11.6 Å². The van der Waals surface area contributed by atoms with Crippen molar-refractivity contribution in [2.24, 2.45) is 10.7 Å². The monoisotopic (exact) mass is 273 g/mol. The van der Waals surface area contributed by atoms with Crippen molar-refractivity contribution in [1.82, 2.24) is 15.4 Å². The van der Waals surface area contributed by atoms with E-state index in [1.807, 2.05) is 0 Å². The molecule has 0 aliphatic rings. The van der Waals surface area contributed by atoms with Crippen LogP contribution in [-0.2, 0) is 4.84 Å². The Balaban J connectivity index is 2.79. The summed E-state index contributed by atoms with van der Waals surface area (Å²) in [6, 6.07) is 0. The van der Waals surface area contributed by atoms with E-state index in [-0.39, 0.29) is 28.4 Å². The molecule has 1 heterocycles. The topological polar surface area (TPSA) is 155 Å². The predicted molar refractivity (Wildman–Crippen MR) is 66.6 cm³/mol. The normalized spacial score (nSPS) is 11.1. The number of carbonyl (C=O) groups excluding carboxylic acids is 1. The van der Waals surface area contributed by atoms with Crippen LogP contribution in [0.5, 0.6) is 0 Å². The summed E-state index contributed by atoms with van der Waals surface area (Å²) < 4.78 is 0. The Labute approximate surface area is 107 Å². The summed E-state index contributed by atoms with van der Waals surface area (Å²) in [4.78, 5) is 27.2. The number of nitrogens with one attached hydrogen (secondary N) is 1. The zero-order valence-corrected chi connectivity index (χ0v) is 10.2. The Hall–Kier alpha value is -2.29. The van der Waals surface area contributed by atoms with Crippen molar-refractivity contribution < 1.29 is 9.63 Å². The van der Waals surface area contributed by atoms with Crippen molar-refractivity contribution in [3.05, 3.63) is 10.8 Å². The molecule has 0 amide bonds. The molecule has 7 N–H and O–H groups in total. The van der Waals surface area contributed by atoms with Crippen molar-refractivity contribution in [2.45, 2.75) is 6.92 Å². The van der Waals surface area contributed by atoms with E-state index < -0.39 is 5.97 Å². The molecule has 0 spiro atoms. The lowest BCUT2D eigenvalue weighted by Gasteiger charge is -2.07. The second kappa shape index (κ2) is 5.87. The highest BCUT2D eigenvalue weighted by atomic mass is 35.5.